The monoisotopic (exact) mass is 188 g/mol. The third-order valence-electron chi connectivity index (χ3n) is 1.83. The molecular formula is C8H16N2O3. The Kier molecular flexibility index (Phi) is 4.34. The van der Waals surface area contributed by atoms with Gasteiger partial charge in [0.2, 0.25) is 0 Å². The number of ether oxygens (including phenoxy) is 1. The van der Waals surface area contributed by atoms with E-state index in [1.807, 2.05) is 6.08 Å². The lowest BCUT2D eigenvalue weighted by Crippen LogP contribution is -2.43. The van der Waals surface area contributed by atoms with Crippen molar-refractivity contribution < 1.29 is 14.9 Å². The third kappa shape index (κ3) is 3.41. The fourth-order valence-corrected chi connectivity index (χ4v) is 1.10. The highest BCUT2D eigenvalue weighted by Gasteiger charge is 2.21. The molecule has 0 aromatic rings. The molecule has 0 spiro atoms. The van der Waals surface area contributed by atoms with Crippen molar-refractivity contribution in [3.63, 3.8) is 0 Å². The highest BCUT2D eigenvalue weighted by molar-refractivity contribution is 5.02. The molecule has 1 aliphatic heterocycles. The lowest BCUT2D eigenvalue weighted by molar-refractivity contribution is -0.132. The van der Waals surface area contributed by atoms with Crippen molar-refractivity contribution in [1.82, 2.24) is 5.32 Å². The summed E-state index contributed by atoms with van der Waals surface area (Å²) in [6.07, 6.45) is 2.44. The predicted molar refractivity (Wildman–Crippen MR) is 48.0 cm³/mol. The molecule has 0 saturated heterocycles. The zero-order valence-electron chi connectivity index (χ0n) is 7.39. The number of hydrogen-bond donors (Lipinski definition) is 4. The molecule has 76 valence electrons. The first-order valence-corrected chi connectivity index (χ1v) is 4.33. The van der Waals surface area contributed by atoms with Gasteiger partial charge in [0.15, 0.2) is 6.29 Å². The van der Waals surface area contributed by atoms with E-state index >= 15 is 0 Å². The molecular weight excluding hydrogens is 172 g/mol. The highest BCUT2D eigenvalue weighted by atomic mass is 16.6. The molecule has 5 N–H and O–H groups in total. The van der Waals surface area contributed by atoms with Crippen LogP contribution in [0.25, 0.3) is 0 Å². The normalized spacial score (nSPS) is 33.6. The van der Waals surface area contributed by atoms with Crippen LogP contribution in [-0.2, 0) is 4.74 Å². The van der Waals surface area contributed by atoms with Gasteiger partial charge in [-0.25, -0.2) is 0 Å². The van der Waals surface area contributed by atoms with Crippen LogP contribution in [0.3, 0.4) is 0 Å². The Labute approximate surface area is 77.2 Å². The van der Waals surface area contributed by atoms with Gasteiger partial charge >= 0.3 is 0 Å². The molecule has 1 aliphatic rings. The molecule has 1 rings (SSSR count). The SMILES string of the molecule is N[C@@H]1C=C[C@@H](CNCCO)O[C@@H]1O. The molecule has 13 heavy (non-hydrogen) atoms. The second-order valence-electron chi connectivity index (χ2n) is 2.96. The zero-order valence-corrected chi connectivity index (χ0v) is 7.39. The summed E-state index contributed by atoms with van der Waals surface area (Å²) in [5, 5.41) is 20.7. The van der Waals surface area contributed by atoms with Crippen LogP contribution >= 0.6 is 0 Å². The summed E-state index contributed by atoms with van der Waals surface area (Å²) in [4.78, 5) is 0. The fourth-order valence-electron chi connectivity index (χ4n) is 1.10. The maximum atomic E-state index is 9.23. The lowest BCUT2D eigenvalue weighted by atomic mass is 10.2. The first kappa shape index (κ1) is 10.6. The minimum Gasteiger partial charge on any atom is -0.395 e. The fraction of sp³-hybridized carbons (Fsp3) is 0.750. The van der Waals surface area contributed by atoms with Crippen molar-refractivity contribution >= 4 is 0 Å². The van der Waals surface area contributed by atoms with Crippen LogP contribution in [0, 0.1) is 0 Å². The number of hydrogen-bond acceptors (Lipinski definition) is 5. The average molecular weight is 188 g/mol. The van der Waals surface area contributed by atoms with E-state index in [9.17, 15) is 5.11 Å². The van der Waals surface area contributed by atoms with Crippen LogP contribution in [0.15, 0.2) is 12.2 Å². The summed E-state index contributed by atoms with van der Waals surface area (Å²) < 4.78 is 5.14. The Hall–Kier alpha value is -0.460. The molecule has 5 nitrogen and oxygen atoms in total. The van der Waals surface area contributed by atoms with Gasteiger partial charge in [0.25, 0.3) is 0 Å². The van der Waals surface area contributed by atoms with E-state index in [1.54, 1.807) is 6.08 Å². The highest BCUT2D eigenvalue weighted by Crippen LogP contribution is 2.08. The molecule has 0 amide bonds. The van der Waals surface area contributed by atoms with Gasteiger partial charge in [0, 0.05) is 13.1 Å². The lowest BCUT2D eigenvalue weighted by Gasteiger charge is -2.26. The van der Waals surface area contributed by atoms with Gasteiger partial charge in [0.1, 0.15) is 0 Å². The minimum atomic E-state index is -0.925. The summed E-state index contributed by atoms with van der Waals surface area (Å²) >= 11 is 0. The Balaban J connectivity index is 2.24. The number of aliphatic hydroxyl groups excluding tert-OH is 2. The Bertz CT molecular complexity index is 175. The first-order chi connectivity index (χ1) is 6.24. The summed E-state index contributed by atoms with van der Waals surface area (Å²) in [5.74, 6) is 0. The van der Waals surface area contributed by atoms with Crippen molar-refractivity contribution in [2.75, 3.05) is 19.7 Å². The maximum absolute atomic E-state index is 9.23. The average Bonchev–Trinajstić information content (AvgIpc) is 2.12. The summed E-state index contributed by atoms with van der Waals surface area (Å²) in [6.45, 7) is 1.19. The second kappa shape index (κ2) is 5.31. The molecule has 1 heterocycles. The van der Waals surface area contributed by atoms with Crippen LogP contribution in [0.1, 0.15) is 0 Å². The van der Waals surface area contributed by atoms with Gasteiger partial charge < -0.3 is 26.0 Å². The second-order valence-corrected chi connectivity index (χ2v) is 2.96. The van der Waals surface area contributed by atoms with Gasteiger partial charge in [-0.2, -0.15) is 0 Å². The van der Waals surface area contributed by atoms with E-state index in [1.165, 1.54) is 0 Å². The molecule has 0 fully saturated rings. The van der Waals surface area contributed by atoms with E-state index in [0.717, 1.165) is 0 Å². The molecule has 3 atom stereocenters. The van der Waals surface area contributed by atoms with Crippen LogP contribution < -0.4 is 11.1 Å². The predicted octanol–water partition coefficient (Wildman–Crippen LogP) is -1.83. The number of nitrogens with two attached hydrogens (primary N) is 1. The molecule has 0 radical (unpaired) electrons. The third-order valence-corrected chi connectivity index (χ3v) is 1.83. The van der Waals surface area contributed by atoms with Gasteiger partial charge in [-0.05, 0) is 0 Å². The molecule has 5 heteroatoms. The first-order valence-electron chi connectivity index (χ1n) is 4.33. The summed E-state index contributed by atoms with van der Waals surface area (Å²) in [7, 11) is 0. The van der Waals surface area contributed by atoms with Crippen molar-refractivity contribution in [3.05, 3.63) is 12.2 Å². The molecule has 0 saturated carbocycles. The van der Waals surface area contributed by atoms with E-state index in [2.05, 4.69) is 5.32 Å². The summed E-state index contributed by atoms with van der Waals surface area (Å²) in [6, 6.07) is -0.436. The van der Waals surface area contributed by atoms with E-state index < -0.39 is 12.3 Å². The van der Waals surface area contributed by atoms with Gasteiger partial charge in [-0.15, -0.1) is 0 Å². The summed E-state index contributed by atoms with van der Waals surface area (Å²) in [5.41, 5.74) is 5.47. The van der Waals surface area contributed by atoms with E-state index in [-0.39, 0.29) is 12.7 Å². The van der Waals surface area contributed by atoms with Crippen LogP contribution in [0.5, 0.6) is 0 Å². The number of aliphatic hydroxyl groups is 2. The number of rotatable bonds is 4. The largest absolute Gasteiger partial charge is 0.395 e. The Morgan fingerprint density at radius 1 is 1.46 bits per heavy atom. The molecule has 0 aliphatic carbocycles. The quantitative estimate of drug-likeness (QED) is 0.308. The smallest absolute Gasteiger partial charge is 0.174 e. The molecule has 0 unspecified atom stereocenters. The maximum Gasteiger partial charge on any atom is 0.174 e. The minimum absolute atomic E-state index is 0.0957. The Morgan fingerprint density at radius 2 is 2.23 bits per heavy atom. The standard InChI is InChI=1S/C8H16N2O3/c9-7-2-1-6(13-8(7)12)5-10-3-4-11/h1-2,6-8,10-12H,3-5,9H2/t6-,7+,8-/m0/s1. The van der Waals surface area contributed by atoms with E-state index in [0.29, 0.717) is 13.1 Å². The van der Waals surface area contributed by atoms with Crippen molar-refractivity contribution in [1.29, 1.82) is 0 Å². The molecule has 0 bridgehead atoms. The van der Waals surface area contributed by atoms with Crippen molar-refractivity contribution in [3.8, 4) is 0 Å². The molecule has 0 aromatic heterocycles. The number of nitrogens with one attached hydrogen (secondary N) is 1. The van der Waals surface area contributed by atoms with Crippen LogP contribution in [-0.4, -0.2) is 48.3 Å². The topological polar surface area (TPSA) is 87.7 Å². The van der Waals surface area contributed by atoms with Crippen molar-refractivity contribution in [2.45, 2.75) is 18.4 Å². The van der Waals surface area contributed by atoms with Crippen LogP contribution in [0.2, 0.25) is 0 Å². The van der Waals surface area contributed by atoms with Gasteiger partial charge in [-0.1, -0.05) is 12.2 Å². The van der Waals surface area contributed by atoms with Crippen molar-refractivity contribution in [2.24, 2.45) is 5.73 Å². The van der Waals surface area contributed by atoms with Crippen LogP contribution in [0.4, 0.5) is 0 Å². The zero-order chi connectivity index (χ0) is 9.68. The van der Waals surface area contributed by atoms with Gasteiger partial charge in [-0.3, -0.25) is 0 Å². The Morgan fingerprint density at radius 3 is 2.85 bits per heavy atom. The molecule has 0 aromatic carbocycles. The van der Waals surface area contributed by atoms with Gasteiger partial charge in [0.05, 0.1) is 18.8 Å². The van der Waals surface area contributed by atoms with E-state index in [4.69, 9.17) is 15.6 Å².